The zero-order valence-corrected chi connectivity index (χ0v) is 16.3. The third-order valence-electron chi connectivity index (χ3n) is 4.39. The van der Waals surface area contributed by atoms with E-state index in [1.54, 1.807) is 19.2 Å². The lowest BCUT2D eigenvalue weighted by Crippen LogP contribution is -2.55. The number of phenols is 1. The second-order valence-electron chi connectivity index (χ2n) is 6.13. The molecule has 2 fully saturated rings. The van der Waals surface area contributed by atoms with Crippen molar-refractivity contribution in [2.75, 3.05) is 33.2 Å². The number of benzene rings is 1. The maximum atomic E-state index is 12.2. The molecule has 0 bridgehead atoms. The number of halogens is 1. The molecule has 1 amide bonds. The summed E-state index contributed by atoms with van der Waals surface area (Å²) in [5.74, 6) is 1.28. The van der Waals surface area contributed by atoms with Gasteiger partial charge >= 0.3 is 0 Å². The van der Waals surface area contributed by atoms with Crippen molar-refractivity contribution >= 4 is 35.8 Å². The Labute approximate surface area is 159 Å². The third kappa shape index (κ3) is 4.75. The van der Waals surface area contributed by atoms with E-state index in [9.17, 15) is 9.90 Å². The fourth-order valence-electron chi connectivity index (χ4n) is 2.95. The molecule has 0 aromatic heterocycles. The van der Waals surface area contributed by atoms with Gasteiger partial charge in [0.15, 0.2) is 5.96 Å². The molecule has 1 aliphatic carbocycles. The van der Waals surface area contributed by atoms with Crippen molar-refractivity contribution in [2.24, 2.45) is 4.99 Å². The molecule has 2 aliphatic rings. The van der Waals surface area contributed by atoms with Crippen molar-refractivity contribution in [3.8, 4) is 5.75 Å². The molecule has 7 heteroatoms. The number of nitrogens with zero attached hydrogens (tertiary/aromatic N) is 3. The second-order valence-corrected chi connectivity index (χ2v) is 6.13. The van der Waals surface area contributed by atoms with E-state index in [2.05, 4.69) is 10.3 Å². The van der Waals surface area contributed by atoms with Crippen molar-refractivity contribution < 1.29 is 9.90 Å². The lowest BCUT2D eigenvalue weighted by molar-refractivity contribution is -0.135. The molecule has 24 heavy (non-hydrogen) atoms. The highest BCUT2D eigenvalue weighted by molar-refractivity contribution is 14.0. The summed E-state index contributed by atoms with van der Waals surface area (Å²) in [6, 6.07) is 7.71. The molecule has 2 N–H and O–H groups in total. The predicted molar refractivity (Wildman–Crippen MR) is 105 cm³/mol. The minimum Gasteiger partial charge on any atom is -0.508 e. The van der Waals surface area contributed by atoms with Crippen molar-refractivity contribution in [3.63, 3.8) is 0 Å². The molecule has 132 valence electrons. The zero-order valence-electron chi connectivity index (χ0n) is 13.9. The van der Waals surface area contributed by atoms with E-state index >= 15 is 0 Å². The Hall–Kier alpha value is -1.51. The standard InChI is InChI=1S/C17H24N4O2.HI/c1-18-17(19-9-8-13-2-6-15(22)7-3-13)20-10-11-21(14-4-5-14)16(23)12-20;/h2-3,6-7,14,22H,4-5,8-12H2,1H3,(H,18,19);1H. The van der Waals surface area contributed by atoms with Gasteiger partial charge in [0.25, 0.3) is 0 Å². The number of hydrogen-bond acceptors (Lipinski definition) is 3. The van der Waals surface area contributed by atoms with Gasteiger partial charge in [-0.05, 0) is 37.0 Å². The monoisotopic (exact) mass is 444 g/mol. The van der Waals surface area contributed by atoms with E-state index < -0.39 is 0 Å². The lowest BCUT2D eigenvalue weighted by Gasteiger charge is -2.36. The van der Waals surface area contributed by atoms with Crippen LogP contribution in [-0.2, 0) is 11.2 Å². The van der Waals surface area contributed by atoms with Gasteiger partial charge in [0.2, 0.25) is 5.91 Å². The number of amides is 1. The van der Waals surface area contributed by atoms with Crippen LogP contribution < -0.4 is 5.32 Å². The number of nitrogens with one attached hydrogen (secondary N) is 1. The third-order valence-corrected chi connectivity index (χ3v) is 4.39. The first-order valence-electron chi connectivity index (χ1n) is 8.20. The number of aromatic hydroxyl groups is 1. The van der Waals surface area contributed by atoms with Gasteiger partial charge < -0.3 is 20.2 Å². The number of carbonyl (C=O) groups excluding carboxylic acids is 1. The molecule has 6 nitrogen and oxygen atoms in total. The Bertz CT molecular complexity index is 587. The second kappa shape index (κ2) is 8.55. The van der Waals surface area contributed by atoms with Gasteiger partial charge in [-0.15, -0.1) is 24.0 Å². The van der Waals surface area contributed by atoms with Gasteiger partial charge in [0.1, 0.15) is 5.75 Å². The summed E-state index contributed by atoms with van der Waals surface area (Å²) in [4.78, 5) is 20.5. The van der Waals surface area contributed by atoms with E-state index in [1.165, 1.54) is 0 Å². The van der Waals surface area contributed by atoms with Crippen molar-refractivity contribution in [3.05, 3.63) is 29.8 Å². The molecule has 1 aromatic rings. The quantitative estimate of drug-likeness (QED) is 0.419. The molecular formula is C17H25IN4O2. The first kappa shape index (κ1) is 18.8. The van der Waals surface area contributed by atoms with Gasteiger partial charge in [0.05, 0.1) is 6.54 Å². The van der Waals surface area contributed by atoms with Crippen LogP contribution in [0.25, 0.3) is 0 Å². The van der Waals surface area contributed by atoms with Gasteiger partial charge in [0, 0.05) is 32.7 Å². The number of carbonyl (C=O) groups is 1. The summed E-state index contributed by atoms with van der Waals surface area (Å²) < 4.78 is 0. The molecule has 1 saturated heterocycles. The maximum absolute atomic E-state index is 12.2. The number of rotatable bonds is 4. The van der Waals surface area contributed by atoms with Crippen LogP contribution in [0.3, 0.4) is 0 Å². The molecule has 1 heterocycles. The summed E-state index contributed by atoms with van der Waals surface area (Å²) in [5.41, 5.74) is 1.15. The maximum Gasteiger partial charge on any atom is 0.242 e. The Balaban J connectivity index is 0.00000208. The summed E-state index contributed by atoms with van der Waals surface area (Å²) in [6.45, 7) is 2.78. The van der Waals surface area contributed by atoms with Crippen LogP contribution in [0.4, 0.5) is 0 Å². The number of hydrogen-bond donors (Lipinski definition) is 2. The average Bonchev–Trinajstić information content (AvgIpc) is 3.38. The van der Waals surface area contributed by atoms with Crippen LogP contribution in [0.1, 0.15) is 18.4 Å². The minimum absolute atomic E-state index is 0. The first-order chi connectivity index (χ1) is 11.2. The molecule has 0 atom stereocenters. The fraction of sp³-hybridized carbons (Fsp3) is 0.529. The SMILES string of the molecule is CN=C(NCCc1ccc(O)cc1)N1CCN(C2CC2)C(=O)C1.I. The molecule has 1 aromatic carbocycles. The molecular weight excluding hydrogens is 419 g/mol. The van der Waals surface area contributed by atoms with Gasteiger partial charge in [-0.3, -0.25) is 9.79 Å². The fourth-order valence-corrected chi connectivity index (χ4v) is 2.95. The largest absolute Gasteiger partial charge is 0.508 e. The highest BCUT2D eigenvalue weighted by Crippen LogP contribution is 2.27. The number of phenolic OH excluding ortho intramolecular Hbond substituents is 1. The Morgan fingerprint density at radius 1 is 1.29 bits per heavy atom. The number of aliphatic imine (C=N–C) groups is 1. The highest BCUT2D eigenvalue weighted by Gasteiger charge is 2.36. The van der Waals surface area contributed by atoms with Crippen LogP contribution in [0.5, 0.6) is 5.75 Å². The normalized spacial score (nSPS) is 18.4. The van der Waals surface area contributed by atoms with Gasteiger partial charge in [-0.2, -0.15) is 0 Å². The smallest absolute Gasteiger partial charge is 0.242 e. The summed E-state index contributed by atoms with van der Waals surface area (Å²) in [5, 5.41) is 12.6. The van der Waals surface area contributed by atoms with E-state index in [1.807, 2.05) is 21.9 Å². The molecule has 1 saturated carbocycles. The van der Waals surface area contributed by atoms with Crippen molar-refractivity contribution in [1.29, 1.82) is 0 Å². The van der Waals surface area contributed by atoms with Crippen LogP contribution in [0.2, 0.25) is 0 Å². The van der Waals surface area contributed by atoms with E-state index in [0.717, 1.165) is 50.4 Å². The van der Waals surface area contributed by atoms with E-state index in [-0.39, 0.29) is 35.6 Å². The molecule has 0 radical (unpaired) electrons. The van der Waals surface area contributed by atoms with E-state index in [0.29, 0.717) is 12.6 Å². The van der Waals surface area contributed by atoms with Crippen molar-refractivity contribution in [2.45, 2.75) is 25.3 Å². The lowest BCUT2D eigenvalue weighted by atomic mass is 10.1. The molecule has 3 rings (SSSR count). The topological polar surface area (TPSA) is 68.2 Å². The molecule has 0 spiro atoms. The minimum atomic E-state index is 0. The summed E-state index contributed by atoms with van der Waals surface area (Å²) in [7, 11) is 1.75. The van der Waals surface area contributed by atoms with Crippen molar-refractivity contribution in [1.82, 2.24) is 15.1 Å². The van der Waals surface area contributed by atoms with Crippen LogP contribution in [0.15, 0.2) is 29.3 Å². The van der Waals surface area contributed by atoms with Crippen LogP contribution >= 0.6 is 24.0 Å². The number of guanidine groups is 1. The van der Waals surface area contributed by atoms with Gasteiger partial charge in [-0.25, -0.2) is 0 Å². The molecule has 0 unspecified atom stereocenters. The van der Waals surface area contributed by atoms with Crippen LogP contribution in [-0.4, -0.2) is 66.0 Å². The Morgan fingerprint density at radius 3 is 2.58 bits per heavy atom. The highest BCUT2D eigenvalue weighted by atomic mass is 127. The number of piperazine rings is 1. The van der Waals surface area contributed by atoms with E-state index in [4.69, 9.17) is 0 Å². The molecule has 1 aliphatic heterocycles. The summed E-state index contributed by atoms with van der Waals surface area (Å²) in [6.07, 6.45) is 3.16. The van der Waals surface area contributed by atoms with Crippen LogP contribution in [0, 0.1) is 0 Å². The zero-order chi connectivity index (χ0) is 16.2. The summed E-state index contributed by atoms with van der Waals surface area (Å²) >= 11 is 0. The Kier molecular flexibility index (Phi) is 6.70. The Morgan fingerprint density at radius 2 is 2.00 bits per heavy atom. The van der Waals surface area contributed by atoms with Gasteiger partial charge in [-0.1, -0.05) is 12.1 Å². The average molecular weight is 444 g/mol. The predicted octanol–water partition coefficient (Wildman–Crippen LogP) is 1.43. The first-order valence-corrected chi connectivity index (χ1v) is 8.20.